The van der Waals surface area contributed by atoms with Crippen molar-refractivity contribution in [2.45, 2.75) is 13.0 Å². The summed E-state index contributed by atoms with van der Waals surface area (Å²) in [5.41, 5.74) is 7.42. The second kappa shape index (κ2) is 6.07. The molecule has 0 fully saturated rings. The van der Waals surface area contributed by atoms with Crippen molar-refractivity contribution < 1.29 is 4.79 Å². The molecule has 3 N–H and O–H groups in total. The average Bonchev–Trinajstić information content (AvgIpc) is 2.69. The van der Waals surface area contributed by atoms with Gasteiger partial charge >= 0.3 is 0 Å². The van der Waals surface area contributed by atoms with Gasteiger partial charge in [0.05, 0.1) is 14.7 Å². The molecule has 0 saturated carbocycles. The van der Waals surface area contributed by atoms with Crippen molar-refractivity contribution in [3.63, 3.8) is 0 Å². The van der Waals surface area contributed by atoms with Crippen LogP contribution in [0, 0.1) is 0 Å². The number of carbonyl (C=O) groups excluding carboxylic acids is 1. The summed E-state index contributed by atoms with van der Waals surface area (Å²) in [6, 6.07) is 9.23. The van der Waals surface area contributed by atoms with Crippen LogP contribution in [0.15, 0.2) is 38.6 Å². The first-order chi connectivity index (χ1) is 8.97. The molecule has 0 spiro atoms. The molecule has 2 rings (SSSR count). The predicted octanol–water partition coefficient (Wildman–Crippen LogP) is 4.35. The Labute approximate surface area is 132 Å². The van der Waals surface area contributed by atoms with E-state index in [9.17, 15) is 4.79 Å². The SMILES string of the molecule is CC(NC(=O)c1cc(Br)c(Br)s1)c1cccc(N)c1. The van der Waals surface area contributed by atoms with Gasteiger partial charge in [0.15, 0.2) is 0 Å². The zero-order valence-corrected chi connectivity index (χ0v) is 14.1. The fraction of sp³-hybridized carbons (Fsp3) is 0.154. The van der Waals surface area contributed by atoms with Crippen LogP contribution >= 0.6 is 43.2 Å². The predicted molar refractivity (Wildman–Crippen MR) is 86.5 cm³/mol. The minimum Gasteiger partial charge on any atom is -0.399 e. The van der Waals surface area contributed by atoms with Gasteiger partial charge in [-0.15, -0.1) is 11.3 Å². The number of nitrogens with two attached hydrogens (primary N) is 1. The molecule has 0 aliphatic rings. The van der Waals surface area contributed by atoms with Gasteiger partial charge in [-0.25, -0.2) is 0 Å². The molecule has 3 nitrogen and oxygen atoms in total. The van der Waals surface area contributed by atoms with E-state index in [1.54, 1.807) is 6.07 Å². The first-order valence-corrected chi connectivity index (χ1v) is 7.98. The van der Waals surface area contributed by atoms with Crippen molar-refractivity contribution in [3.8, 4) is 0 Å². The largest absolute Gasteiger partial charge is 0.399 e. The van der Waals surface area contributed by atoms with Crippen LogP contribution in [0.2, 0.25) is 0 Å². The molecule has 1 aromatic carbocycles. The third-order valence-corrected chi connectivity index (χ3v) is 5.88. The van der Waals surface area contributed by atoms with E-state index in [1.165, 1.54) is 11.3 Å². The number of carbonyl (C=O) groups is 1. The van der Waals surface area contributed by atoms with Crippen LogP contribution in [0.3, 0.4) is 0 Å². The number of halogens is 2. The summed E-state index contributed by atoms with van der Waals surface area (Å²) in [5.74, 6) is -0.0914. The van der Waals surface area contributed by atoms with Crippen LogP contribution in [0.4, 0.5) is 5.69 Å². The topological polar surface area (TPSA) is 55.1 Å². The third kappa shape index (κ3) is 3.58. The molecule has 1 unspecified atom stereocenters. The maximum Gasteiger partial charge on any atom is 0.261 e. The first kappa shape index (κ1) is 14.6. The van der Waals surface area contributed by atoms with Crippen molar-refractivity contribution in [2.75, 3.05) is 5.73 Å². The highest BCUT2D eigenvalue weighted by Gasteiger charge is 2.15. The normalized spacial score (nSPS) is 12.2. The zero-order valence-electron chi connectivity index (χ0n) is 10.1. The molecule has 0 aliphatic carbocycles. The van der Waals surface area contributed by atoms with E-state index in [4.69, 9.17) is 5.73 Å². The fourth-order valence-corrected chi connectivity index (χ4v) is 3.58. The van der Waals surface area contributed by atoms with Gasteiger partial charge in [-0.2, -0.15) is 0 Å². The zero-order chi connectivity index (χ0) is 14.0. The number of hydrogen-bond donors (Lipinski definition) is 2. The van der Waals surface area contributed by atoms with Crippen molar-refractivity contribution >= 4 is 54.8 Å². The number of benzene rings is 1. The van der Waals surface area contributed by atoms with E-state index in [0.29, 0.717) is 10.6 Å². The second-order valence-electron chi connectivity index (χ2n) is 4.10. The lowest BCUT2D eigenvalue weighted by atomic mass is 10.1. The molecular weight excluding hydrogens is 392 g/mol. The molecule has 0 radical (unpaired) electrons. The quantitative estimate of drug-likeness (QED) is 0.748. The summed E-state index contributed by atoms with van der Waals surface area (Å²) in [6.45, 7) is 1.93. The monoisotopic (exact) mass is 402 g/mol. The van der Waals surface area contributed by atoms with Gasteiger partial charge in [0, 0.05) is 10.2 Å². The van der Waals surface area contributed by atoms with Crippen molar-refractivity contribution in [1.82, 2.24) is 5.32 Å². The third-order valence-electron chi connectivity index (χ3n) is 2.63. The van der Waals surface area contributed by atoms with Crippen LogP contribution in [0.25, 0.3) is 0 Å². The molecule has 1 aromatic heterocycles. The Balaban J connectivity index is 2.10. The number of anilines is 1. The molecule has 100 valence electrons. The molecule has 1 amide bonds. The summed E-state index contributed by atoms with van der Waals surface area (Å²) < 4.78 is 1.80. The van der Waals surface area contributed by atoms with Crippen LogP contribution in [0.1, 0.15) is 28.2 Å². The minimum absolute atomic E-state index is 0.0874. The number of nitrogen functional groups attached to an aromatic ring is 1. The van der Waals surface area contributed by atoms with E-state index >= 15 is 0 Å². The molecule has 0 aliphatic heterocycles. The number of hydrogen-bond acceptors (Lipinski definition) is 3. The van der Waals surface area contributed by atoms with Crippen molar-refractivity contribution in [2.24, 2.45) is 0 Å². The molecule has 2 aromatic rings. The number of nitrogens with one attached hydrogen (secondary N) is 1. The summed E-state index contributed by atoms with van der Waals surface area (Å²) in [6.07, 6.45) is 0. The van der Waals surface area contributed by atoms with E-state index in [0.717, 1.165) is 13.8 Å². The van der Waals surface area contributed by atoms with Crippen molar-refractivity contribution in [3.05, 3.63) is 49.0 Å². The maximum absolute atomic E-state index is 12.1. The molecule has 1 atom stereocenters. The number of amides is 1. The highest BCUT2D eigenvalue weighted by molar-refractivity contribution is 9.13. The van der Waals surface area contributed by atoms with Gasteiger partial charge in [0.25, 0.3) is 5.91 Å². The van der Waals surface area contributed by atoms with Gasteiger partial charge in [0.2, 0.25) is 0 Å². The van der Waals surface area contributed by atoms with Crippen LogP contribution in [-0.2, 0) is 0 Å². The Kier molecular flexibility index (Phi) is 4.65. The summed E-state index contributed by atoms with van der Waals surface area (Å²) in [5, 5.41) is 2.95. The van der Waals surface area contributed by atoms with Crippen LogP contribution in [-0.4, -0.2) is 5.91 Å². The van der Waals surface area contributed by atoms with Gasteiger partial charge in [-0.05, 0) is 62.5 Å². The summed E-state index contributed by atoms with van der Waals surface area (Å²) >= 11 is 8.15. The summed E-state index contributed by atoms with van der Waals surface area (Å²) in [4.78, 5) is 12.8. The molecule has 0 bridgehead atoms. The van der Waals surface area contributed by atoms with Crippen LogP contribution in [0.5, 0.6) is 0 Å². The molecule has 0 saturated heterocycles. The number of rotatable bonds is 3. The maximum atomic E-state index is 12.1. The Hall–Kier alpha value is -0.850. The second-order valence-corrected chi connectivity index (χ2v) is 7.32. The van der Waals surface area contributed by atoms with Gasteiger partial charge in [-0.1, -0.05) is 12.1 Å². The average molecular weight is 404 g/mol. The Morgan fingerprint density at radius 1 is 1.37 bits per heavy atom. The lowest BCUT2D eigenvalue weighted by Crippen LogP contribution is -2.25. The van der Waals surface area contributed by atoms with Gasteiger partial charge in [0.1, 0.15) is 0 Å². The fourth-order valence-electron chi connectivity index (χ4n) is 1.64. The van der Waals surface area contributed by atoms with E-state index < -0.39 is 0 Å². The highest BCUT2D eigenvalue weighted by Crippen LogP contribution is 2.32. The lowest BCUT2D eigenvalue weighted by molar-refractivity contribution is 0.0944. The standard InChI is InChI=1S/C13H12Br2N2OS/c1-7(8-3-2-4-9(16)5-8)17-13(18)11-6-10(14)12(15)19-11/h2-7H,16H2,1H3,(H,17,18). The molecule has 6 heteroatoms. The molecule has 19 heavy (non-hydrogen) atoms. The minimum atomic E-state index is -0.0914. The van der Waals surface area contributed by atoms with E-state index in [-0.39, 0.29) is 11.9 Å². The van der Waals surface area contributed by atoms with Gasteiger partial charge in [-0.3, -0.25) is 4.79 Å². The van der Waals surface area contributed by atoms with E-state index in [2.05, 4.69) is 37.2 Å². The molecular formula is C13H12Br2N2OS. The highest BCUT2D eigenvalue weighted by atomic mass is 79.9. The first-order valence-electron chi connectivity index (χ1n) is 5.58. The Bertz CT molecular complexity index is 593. The van der Waals surface area contributed by atoms with Crippen LogP contribution < -0.4 is 11.1 Å². The Morgan fingerprint density at radius 3 is 2.68 bits per heavy atom. The molecule has 1 heterocycles. The smallest absolute Gasteiger partial charge is 0.261 e. The van der Waals surface area contributed by atoms with E-state index in [1.807, 2.05) is 31.2 Å². The van der Waals surface area contributed by atoms with Crippen molar-refractivity contribution in [1.29, 1.82) is 0 Å². The summed E-state index contributed by atoms with van der Waals surface area (Å²) in [7, 11) is 0. The lowest BCUT2D eigenvalue weighted by Gasteiger charge is -2.14. The van der Waals surface area contributed by atoms with Gasteiger partial charge < -0.3 is 11.1 Å². The number of thiophene rings is 1. The Morgan fingerprint density at radius 2 is 2.11 bits per heavy atom.